The summed E-state index contributed by atoms with van der Waals surface area (Å²) in [5, 5.41) is 0. The summed E-state index contributed by atoms with van der Waals surface area (Å²) in [6, 6.07) is 0.483. The van der Waals surface area contributed by atoms with E-state index in [1.54, 1.807) is 0 Å². The normalized spacial score (nSPS) is 14.9. The van der Waals surface area contributed by atoms with Crippen LogP contribution in [0.2, 0.25) is 0 Å². The fourth-order valence-electron chi connectivity index (χ4n) is 1.10. The first-order valence-corrected chi connectivity index (χ1v) is 4.12. The van der Waals surface area contributed by atoms with Gasteiger partial charge in [-0.05, 0) is 17.7 Å². The molecule has 0 aliphatic carbocycles. The molecule has 0 aliphatic rings. The predicted octanol–water partition coefficient (Wildman–Crippen LogP) is 3.27. The molecule has 0 bridgehead atoms. The molecule has 0 saturated carbocycles. The van der Waals surface area contributed by atoms with Crippen molar-refractivity contribution in [2.24, 2.45) is 5.73 Å². The van der Waals surface area contributed by atoms with Gasteiger partial charge in [-0.25, -0.2) is 0 Å². The second-order valence-electron chi connectivity index (χ2n) is 3.14. The van der Waals surface area contributed by atoms with Crippen molar-refractivity contribution in [3.05, 3.63) is 35.4 Å². The second-order valence-corrected chi connectivity index (χ2v) is 3.14. The maximum Gasteiger partial charge on any atom is 0.416 e. The Hall–Kier alpha value is -1.24. The van der Waals surface area contributed by atoms with Crippen LogP contribution < -0.4 is 5.73 Å². The monoisotopic (exact) mass is 243 g/mol. The maximum atomic E-state index is 12.2. The molecule has 0 fully saturated rings. The van der Waals surface area contributed by atoms with E-state index in [0.717, 1.165) is 12.1 Å². The second kappa shape index (κ2) is 3.97. The number of hydrogen-bond acceptors (Lipinski definition) is 1. The van der Waals surface area contributed by atoms with E-state index in [0.29, 0.717) is 12.1 Å². The third kappa shape index (κ3) is 2.88. The molecule has 1 aromatic carbocycles. The lowest BCUT2D eigenvalue weighted by atomic mass is 10.0. The number of alkyl halides is 6. The highest BCUT2D eigenvalue weighted by atomic mass is 19.4. The SMILES string of the molecule is N[C@@H](c1cccc(C(F)(F)F)c1)C(F)(F)F. The zero-order valence-electron chi connectivity index (χ0n) is 7.73. The van der Waals surface area contributed by atoms with Gasteiger partial charge in [-0.15, -0.1) is 0 Å². The third-order valence-corrected chi connectivity index (χ3v) is 1.93. The topological polar surface area (TPSA) is 26.0 Å². The Morgan fingerprint density at radius 3 is 2.00 bits per heavy atom. The van der Waals surface area contributed by atoms with Crippen LogP contribution in [0.15, 0.2) is 24.3 Å². The quantitative estimate of drug-likeness (QED) is 0.752. The minimum Gasteiger partial charge on any atom is -0.316 e. The number of nitrogens with two attached hydrogens (primary N) is 1. The molecule has 90 valence electrons. The predicted molar refractivity (Wildman–Crippen MR) is 44.4 cm³/mol. The number of benzene rings is 1. The van der Waals surface area contributed by atoms with Crippen LogP contribution in [0, 0.1) is 0 Å². The molecule has 1 rings (SSSR count). The van der Waals surface area contributed by atoms with Crippen molar-refractivity contribution in [1.82, 2.24) is 0 Å². The highest BCUT2D eigenvalue weighted by Crippen LogP contribution is 2.34. The van der Waals surface area contributed by atoms with E-state index in [2.05, 4.69) is 0 Å². The lowest BCUT2D eigenvalue weighted by Crippen LogP contribution is -2.28. The Morgan fingerprint density at radius 2 is 1.56 bits per heavy atom. The van der Waals surface area contributed by atoms with Crippen molar-refractivity contribution in [3.8, 4) is 0 Å². The average Bonchev–Trinajstić information content (AvgIpc) is 2.14. The highest BCUT2D eigenvalue weighted by Gasteiger charge is 2.39. The molecule has 7 heteroatoms. The Morgan fingerprint density at radius 1 is 1.00 bits per heavy atom. The lowest BCUT2D eigenvalue weighted by molar-refractivity contribution is -0.150. The summed E-state index contributed by atoms with van der Waals surface area (Å²) in [5.74, 6) is 0. The molecule has 16 heavy (non-hydrogen) atoms. The van der Waals surface area contributed by atoms with Crippen molar-refractivity contribution in [3.63, 3.8) is 0 Å². The first-order chi connectivity index (χ1) is 7.12. The van der Waals surface area contributed by atoms with Crippen LogP contribution in [-0.4, -0.2) is 6.18 Å². The van der Waals surface area contributed by atoms with Crippen molar-refractivity contribution < 1.29 is 26.3 Å². The summed E-state index contributed by atoms with van der Waals surface area (Å²) >= 11 is 0. The van der Waals surface area contributed by atoms with Gasteiger partial charge in [0.2, 0.25) is 0 Å². The minimum absolute atomic E-state index is 0.401. The molecule has 0 heterocycles. The van der Waals surface area contributed by atoms with E-state index < -0.39 is 29.5 Å². The Labute approximate surface area is 86.9 Å². The van der Waals surface area contributed by atoms with E-state index in [1.807, 2.05) is 0 Å². The Balaban J connectivity index is 3.09. The zero-order chi connectivity index (χ0) is 12.6. The number of hydrogen-bond donors (Lipinski definition) is 1. The van der Waals surface area contributed by atoms with Crippen LogP contribution in [0.4, 0.5) is 26.3 Å². The van der Waals surface area contributed by atoms with Crippen molar-refractivity contribution in [2.75, 3.05) is 0 Å². The van der Waals surface area contributed by atoms with Crippen LogP contribution >= 0.6 is 0 Å². The molecule has 0 spiro atoms. The summed E-state index contributed by atoms with van der Waals surface area (Å²) in [7, 11) is 0. The van der Waals surface area contributed by atoms with Gasteiger partial charge in [0, 0.05) is 0 Å². The molecule has 1 aromatic rings. The Bertz CT molecular complexity index is 367. The first-order valence-electron chi connectivity index (χ1n) is 4.12. The van der Waals surface area contributed by atoms with Gasteiger partial charge < -0.3 is 5.73 Å². The van der Waals surface area contributed by atoms with Crippen LogP contribution in [0.25, 0.3) is 0 Å². The molecular weight excluding hydrogens is 236 g/mol. The summed E-state index contributed by atoms with van der Waals surface area (Å²) in [6.07, 6.45) is -9.44. The first kappa shape index (κ1) is 12.8. The largest absolute Gasteiger partial charge is 0.416 e. The minimum atomic E-state index is -4.76. The summed E-state index contributed by atoms with van der Waals surface area (Å²) in [4.78, 5) is 0. The standard InChI is InChI=1S/C9H7F6N/c10-8(11,12)6-3-1-2-5(4-6)7(16)9(13,14)15/h1-4,7H,16H2/t7-/m0/s1. The fraction of sp³-hybridized carbons (Fsp3) is 0.333. The highest BCUT2D eigenvalue weighted by molar-refractivity contribution is 5.28. The van der Waals surface area contributed by atoms with E-state index in [4.69, 9.17) is 5.73 Å². The molecule has 0 aliphatic heterocycles. The molecule has 0 amide bonds. The molecular formula is C9H7F6N. The van der Waals surface area contributed by atoms with Crippen LogP contribution in [-0.2, 0) is 6.18 Å². The van der Waals surface area contributed by atoms with E-state index >= 15 is 0 Å². The third-order valence-electron chi connectivity index (χ3n) is 1.93. The van der Waals surface area contributed by atoms with Gasteiger partial charge in [0.1, 0.15) is 6.04 Å². The summed E-state index contributed by atoms with van der Waals surface area (Å²) < 4.78 is 73.1. The molecule has 0 radical (unpaired) electrons. The number of halogens is 6. The molecule has 1 nitrogen and oxygen atoms in total. The van der Waals surface area contributed by atoms with E-state index in [-0.39, 0.29) is 0 Å². The van der Waals surface area contributed by atoms with Crippen LogP contribution in [0.5, 0.6) is 0 Å². The van der Waals surface area contributed by atoms with Gasteiger partial charge in [-0.2, -0.15) is 26.3 Å². The van der Waals surface area contributed by atoms with Crippen LogP contribution in [0.3, 0.4) is 0 Å². The fourth-order valence-corrected chi connectivity index (χ4v) is 1.10. The van der Waals surface area contributed by atoms with Crippen molar-refractivity contribution in [1.29, 1.82) is 0 Å². The number of rotatable bonds is 1. The molecule has 2 N–H and O–H groups in total. The van der Waals surface area contributed by atoms with E-state index in [1.165, 1.54) is 0 Å². The smallest absolute Gasteiger partial charge is 0.316 e. The summed E-state index contributed by atoms with van der Waals surface area (Å²) in [5.41, 5.74) is 3.03. The molecule has 0 aromatic heterocycles. The van der Waals surface area contributed by atoms with Crippen molar-refractivity contribution >= 4 is 0 Å². The van der Waals surface area contributed by atoms with E-state index in [9.17, 15) is 26.3 Å². The Kier molecular flexibility index (Phi) is 3.18. The molecule has 0 unspecified atom stereocenters. The van der Waals surface area contributed by atoms with Gasteiger partial charge in [0.15, 0.2) is 0 Å². The molecule has 1 atom stereocenters. The van der Waals surface area contributed by atoms with Gasteiger partial charge in [0.05, 0.1) is 5.56 Å². The van der Waals surface area contributed by atoms with Crippen LogP contribution in [0.1, 0.15) is 17.2 Å². The average molecular weight is 243 g/mol. The zero-order valence-corrected chi connectivity index (χ0v) is 7.73. The van der Waals surface area contributed by atoms with Gasteiger partial charge in [0.25, 0.3) is 0 Å². The summed E-state index contributed by atoms with van der Waals surface area (Å²) in [6.45, 7) is 0. The maximum absolute atomic E-state index is 12.2. The lowest BCUT2D eigenvalue weighted by Gasteiger charge is -2.17. The van der Waals surface area contributed by atoms with Gasteiger partial charge in [-0.1, -0.05) is 12.1 Å². The van der Waals surface area contributed by atoms with Crippen molar-refractivity contribution in [2.45, 2.75) is 18.4 Å². The molecule has 0 saturated heterocycles. The van der Waals surface area contributed by atoms with Gasteiger partial charge in [-0.3, -0.25) is 0 Å². The van der Waals surface area contributed by atoms with Gasteiger partial charge >= 0.3 is 12.4 Å².